The fourth-order valence-corrected chi connectivity index (χ4v) is 5.08. The predicted molar refractivity (Wildman–Crippen MR) is 127 cm³/mol. The van der Waals surface area contributed by atoms with E-state index in [2.05, 4.69) is 0 Å². The van der Waals surface area contributed by atoms with Gasteiger partial charge in [-0.3, -0.25) is 4.79 Å². The zero-order valence-electron chi connectivity index (χ0n) is 20.2. The van der Waals surface area contributed by atoms with Gasteiger partial charge in [0.05, 0.1) is 31.5 Å². The van der Waals surface area contributed by atoms with Crippen LogP contribution in [0.3, 0.4) is 0 Å². The molecule has 2 aliphatic heterocycles. The van der Waals surface area contributed by atoms with Gasteiger partial charge in [-0.2, -0.15) is 0 Å². The number of rotatable bonds is 7. The molecule has 2 heterocycles. The fourth-order valence-electron chi connectivity index (χ4n) is 5.08. The van der Waals surface area contributed by atoms with Gasteiger partial charge < -0.3 is 23.8 Å². The number of nitrogens with zero attached hydrogens (tertiary/aromatic N) is 1. The van der Waals surface area contributed by atoms with E-state index in [-0.39, 0.29) is 29.5 Å². The third kappa shape index (κ3) is 5.36. The molecule has 2 aromatic rings. The molecule has 1 spiro atoms. The number of amides is 1. The summed E-state index contributed by atoms with van der Waals surface area (Å²) in [7, 11) is 1.57. The Hall–Kier alpha value is -2.64. The number of hydrogen-bond acceptors (Lipinski definition) is 5. The van der Waals surface area contributed by atoms with Crippen LogP contribution < -0.4 is 9.47 Å². The minimum Gasteiger partial charge on any atom is -0.493 e. The highest BCUT2D eigenvalue weighted by atomic mass is 19.1. The molecule has 0 aromatic heterocycles. The molecule has 0 N–H and O–H groups in total. The lowest BCUT2D eigenvalue weighted by molar-refractivity contribution is -0.190. The third-order valence-electron chi connectivity index (χ3n) is 6.79. The van der Waals surface area contributed by atoms with Crippen molar-refractivity contribution in [1.29, 1.82) is 0 Å². The van der Waals surface area contributed by atoms with Crippen molar-refractivity contribution in [3.8, 4) is 11.5 Å². The molecule has 184 valence electrons. The molecule has 2 fully saturated rings. The summed E-state index contributed by atoms with van der Waals surface area (Å²) in [6, 6.07) is 11.8. The van der Waals surface area contributed by atoms with Gasteiger partial charge in [0.2, 0.25) is 0 Å². The number of halogens is 1. The Bertz CT molecular complexity index is 971. The van der Waals surface area contributed by atoms with Gasteiger partial charge >= 0.3 is 0 Å². The molecule has 2 unspecified atom stereocenters. The van der Waals surface area contributed by atoms with Crippen LogP contribution in [0.4, 0.5) is 4.39 Å². The van der Waals surface area contributed by atoms with E-state index in [0.29, 0.717) is 43.4 Å². The summed E-state index contributed by atoms with van der Waals surface area (Å²) in [6.07, 6.45) is 2.94. The van der Waals surface area contributed by atoms with Gasteiger partial charge in [0.25, 0.3) is 5.91 Å². The first kappa shape index (κ1) is 24.5. The largest absolute Gasteiger partial charge is 0.493 e. The summed E-state index contributed by atoms with van der Waals surface area (Å²) in [5.41, 5.74) is 1.19. The molecule has 7 heteroatoms. The number of hydrogen-bond donors (Lipinski definition) is 0. The van der Waals surface area contributed by atoms with Gasteiger partial charge in [0.1, 0.15) is 5.82 Å². The maximum Gasteiger partial charge on any atom is 0.253 e. The summed E-state index contributed by atoms with van der Waals surface area (Å²) in [4.78, 5) is 15.1. The molecule has 4 rings (SSSR count). The Labute approximate surface area is 200 Å². The number of methoxy groups -OCH3 is 1. The second-order valence-electron chi connectivity index (χ2n) is 8.95. The molecule has 0 saturated carbocycles. The minimum atomic E-state index is -0.357. The molecule has 2 aliphatic rings. The molecule has 0 radical (unpaired) electrons. The van der Waals surface area contributed by atoms with E-state index < -0.39 is 0 Å². The highest BCUT2D eigenvalue weighted by Gasteiger charge is 2.45. The van der Waals surface area contributed by atoms with Crippen molar-refractivity contribution >= 4 is 5.91 Å². The third-order valence-corrected chi connectivity index (χ3v) is 6.79. The molecule has 2 aromatic carbocycles. The van der Waals surface area contributed by atoms with Crippen molar-refractivity contribution < 1.29 is 28.1 Å². The number of piperidine rings is 1. The van der Waals surface area contributed by atoms with Crippen molar-refractivity contribution in [2.24, 2.45) is 0 Å². The van der Waals surface area contributed by atoms with Crippen LogP contribution >= 0.6 is 0 Å². The normalized spacial score (nSPS) is 21.9. The van der Waals surface area contributed by atoms with Crippen molar-refractivity contribution in [3.05, 3.63) is 59.4 Å². The van der Waals surface area contributed by atoms with Crippen LogP contribution in [-0.2, 0) is 9.47 Å². The van der Waals surface area contributed by atoms with Crippen LogP contribution in [-0.4, -0.2) is 55.9 Å². The number of carbonyl (C=O) groups excluding carboxylic acids is 1. The highest BCUT2D eigenvalue weighted by Crippen LogP contribution is 2.44. The van der Waals surface area contributed by atoms with E-state index in [4.69, 9.17) is 18.9 Å². The van der Waals surface area contributed by atoms with Crippen LogP contribution in [0.15, 0.2) is 42.5 Å². The molecular formula is C27H34FNO5. The maximum absolute atomic E-state index is 13.4. The standard InChI is InChI=1S/C27H34FNO5/c1-4-32-22-17-24(19-6-9-21(28)10-7-19)34-27(18-22)12-14-29(15-13-27)26(30)20-8-11-23(33-5-2)25(16-20)31-3/h6-11,16,22,24H,4-5,12-15,17-18H2,1-3H3. The average molecular weight is 472 g/mol. The van der Waals surface area contributed by atoms with Gasteiger partial charge in [-0.15, -0.1) is 0 Å². The lowest BCUT2D eigenvalue weighted by atomic mass is 9.80. The smallest absolute Gasteiger partial charge is 0.253 e. The van der Waals surface area contributed by atoms with Crippen LogP contribution in [0.1, 0.15) is 61.6 Å². The summed E-state index contributed by atoms with van der Waals surface area (Å²) in [5.74, 6) is 0.902. The van der Waals surface area contributed by atoms with E-state index in [1.54, 1.807) is 37.4 Å². The molecule has 1 amide bonds. The number of ether oxygens (including phenoxy) is 4. The first-order valence-electron chi connectivity index (χ1n) is 12.1. The Morgan fingerprint density at radius 1 is 1.09 bits per heavy atom. The summed E-state index contributed by atoms with van der Waals surface area (Å²) in [5, 5.41) is 0. The number of benzene rings is 2. The second kappa shape index (κ2) is 10.7. The second-order valence-corrected chi connectivity index (χ2v) is 8.95. The van der Waals surface area contributed by atoms with Crippen molar-refractivity contribution in [2.45, 2.75) is 57.3 Å². The van der Waals surface area contributed by atoms with Crippen LogP contribution in [0, 0.1) is 5.82 Å². The van der Waals surface area contributed by atoms with Crippen LogP contribution in [0.25, 0.3) is 0 Å². The summed E-state index contributed by atoms with van der Waals surface area (Å²) in [6.45, 7) is 6.28. The van der Waals surface area contributed by atoms with Crippen LogP contribution in [0.2, 0.25) is 0 Å². The van der Waals surface area contributed by atoms with Crippen molar-refractivity contribution in [3.63, 3.8) is 0 Å². The molecule has 0 bridgehead atoms. The predicted octanol–water partition coefficient (Wildman–Crippen LogP) is 5.16. The Balaban J connectivity index is 1.46. The monoisotopic (exact) mass is 471 g/mol. The van der Waals surface area contributed by atoms with Gasteiger partial charge in [-0.25, -0.2) is 4.39 Å². The van der Waals surface area contributed by atoms with Gasteiger partial charge in [-0.1, -0.05) is 12.1 Å². The highest BCUT2D eigenvalue weighted by molar-refractivity contribution is 5.95. The lowest BCUT2D eigenvalue weighted by Crippen LogP contribution is -2.52. The number of likely N-dealkylation sites (tertiary alicyclic amines) is 1. The van der Waals surface area contributed by atoms with E-state index in [0.717, 1.165) is 31.2 Å². The molecule has 2 atom stereocenters. The molecule has 34 heavy (non-hydrogen) atoms. The number of carbonyl (C=O) groups is 1. The Morgan fingerprint density at radius 2 is 1.82 bits per heavy atom. The maximum atomic E-state index is 13.4. The van der Waals surface area contributed by atoms with Crippen molar-refractivity contribution in [2.75, 3.05) is 33.4 Å². The van der Waals surface area contributed by atoms with E-state index in [1.807, 2.05) is 18.7 Å². The van der Waals surface area contributed by atoms with Gasteiger partial charge in [0, 0.05) is 38.1 Å². The first-order chi connectivity index (χ1) is 16.5. The Morgan fingerprint density at radius 3 is 2.47 bits per heavy atom. The molecule has 2 saturated heterocycles. The summed E-state index contributed by atoms with van der Waals surface area (Å²) < 4.78 is 37.1. The van der Waals surface area contributed by atoms with Gasteiger partial charge in [0.15, 0.2) is 11.5 Å². The van der Waals surface area contributed by atoms with E-state index in [1.165, 1.54) is 12.1 Å². The zero-order valence-corrected chi connectivity index (χ0v) is 20.2. The SMILES string of the molecule is CCOc1ccc(C(=O)N2CCC3(CC2)CC(OCC)CC(c2ccc(F)cc2)O3)cc1OC. The quantitative estimate of drug-likeness (QED) is 0.558. The first-order valence-corrected chi connectivity index (χ1v) is 12.1. The molecule has 0 aliphatic carbocycles. The molecular weight excluding hydrogens is 437 g/mol. The fraction of sp³-hybridized carbons (Fsp3) is 0.519. The van der Waals surface area contributed by atoms with E-state index >= 15 is 0 Å². The zero-order chi connectivity index (χ0) is 24.1. The van der Waals surface area contributed by atoms with Crippen molar-refractivity contribution in [1.82, 2.24) is 4.90 Å². The topological polar surface area (TPSA) is 57.2 Å². The Kier molecular flexibility index (Phi) is 7.73. The van der Waals surface area contributed by atoms with E-state index in [9.17, 15) is 9.18 Å². The van der Waals surface area contributed by atoms with Crippen LogP contribution in [0.5, 0.6) is 11.5 Å². The summed E-state index contributed by atoms with van der Waals surface area (Å²) >= 11 is 0. The molecule has 6 nitrogen and oxygen atoms in total. The average Bonchev–Trinajstić information content (AvgIpc) is 2.85. The van der Waals surface area contributed by atoms with Gasteiger partial charge in [-0.05, 0) is 62.6 Å². The minimum absolute atomic E-state index is 0.0246. The lowest BCUT2D eigenvalue weighted by Gasteiger charge is -2.48.